The Bertz CT molecular complexity index is 2290. The summed E-state index contributed by atoms with van der Waals surface area (Å²) in [6, 6.07) is 44.8. The van der Waals surface area contributed by atoms with E-state index in [1.807, 2.05) is 0 Å². The highest BCUT2D eigenvalue weighted by Crippen LogP contribution is 2.56. The lowest BCUT2D eigenvalue weighted by Crippen LogP contribution is -2.41. The first-order valence-corrected chi connectivity index (χ1v) is 17.2. The molecule has 0 radical (unpaired) electrons. The van der Waals surface area contributed by atoms with Crippen molar-refractivity contribution in [3.63, 3.8) is 0 Å². The Balaban J connectivity index is 1.45. The third kappa shape index (κ3) is 4.22. The van der Waals surface area contributed by atoms with E-state index < -0.39 is 0 Å². The van der Waals surface area contributed by atoms with Crippen LogP contribution in [0.1, 0.15) is 38.8 Å². The average molecular weight is 711 g/mol. The van der Waals surface area contributed by atoms with E-state index in [4.69, 9.17) is 0 Å². The number of halogens is 2. The highest BCUT2D eigenvalue weighted by Gasteiger charge is 2.49. The zero-order valence-corrected chi connectivity index (χ0v) is 29.1. The van der Waals surface area contributed by atoms with E-state index in [0.29, 0.717) is 0 Å². The van der Waals surface area contributed by atoms with Crippen molar-refractivity contribution in [2.75, 3.05) is 0 Å². The predicted octanol–water partition coefficient (Wildman–Crippen LogP) is 9.05. The van der Waals surface area contributed by atoms with Crippen molar-refractivity contribution in [2.24, 2.45) is 5.41 Å². The summed E-state index contributed by atoms with van der Waals surface area (Å²) in [5.41, 5.74) is 4.52. The van der Waals surface area contributed by atoms with Crippen LogP contribution in [0.15, 0.2) is 130 Å². The molecular weight excluding hydrogens is 676 g/mol. The standard InChI is InChI=1S/C43H34Br2/c1-41(2,39-33-15-9-17-37(44)35(33)25-42(39,3)31-21-19-27-11-5-7-13-29(27)23-31)40-34-16-10-18-38(45)36(34)26-43(40,4)32-22-20-28-12-6-8-14-30(28)24-32/h5-26H,1-4H3. The van der Waals surface area contributed by atoms with Gasteiger partial charge in [0.25, 0.3) is 0 Å². The van der Waals surface area contributed by atoms with Gasteiger partial charge in [-0.25, -0.2) is 0 Å². The lowest BCUT2D eigenvalue weighted by Gasteiger charge is -2.44. The molecule has 2 aliphatic carbocycles. The molecule has 0 heterocycles. The number of hydrogen-bond donors (Lipinski definition) is 0. The van der Waals surface area contributed by atoms with Gasteiger partial charge in [0.05, 0.1) is 0 Å². The Labute approximate surface area is 281 Å². The molecule has 6 aromatic carbocycles. The number of fused-ring (bicyclic) bond motifs is 4. The SMILES string of the molecule is CC(C)(C1=c2cccc(Br)c2=CC1(C)c1ccc2ccccc2c1)C1=c2cccc(Br)c2=CC1(C)c1ccc2ccccc2c1. The van der Waals surface area contributed by atoms with Crippen LogP contribution in [0.5, 0.6) is 0 Å². The van der Waals surface area contributed by atoms with Gasteiger partial charge in [-0.15, -0.1) is 0 Å². The van der Waals surface area contributed by atoms with E-state index in [0.717, 1.165) is 8.95 Å². The van der Waals surface area contributed by atoms with Crippen molar-refractivity contribution in [3.8, 4) is 0 Å². The minimum absolute atomic E-state index is 0.328. The van der Waals surface area contributed by atoms with Crippen LogP contribution in [-0.4, -0.2) is 0 Å². The fourth-order valence-electron chi connectivity index (χ4n) is 8.66. The third-order valence-corrected chi connectivity index (χ3v) is 11.9. The topological polar surface area (TPSA) is 0 Å². The zero-order chi connectivity index (χ0) is 31.1. The lowest BCUT2D eigenvalue weighted by atomic mass is 9.58. The van der Waals surface area contributed by atoms with Crippen LogP contribution < -0.4 is 20.9 Å². The molecule has 0 spiro atoms. The summed E-state index contributed by atoms with van der Waals surface area (Å²) in [6.45, 7) is 9.78. The minimum atomic E-state index is -0.328. The Morgan fingerprint density at radius 3 is 1.29 bits per heavy atom. The fourth-order valence-corrected chi connectivity index (χ4v) is 9.62. The van der Waals surface area contributed by atoms with Crippen molar-refractivity contribution in [1.82, 2.24) is 0 Å². The minimum Gasteiger partial charge on any atom is -0.0616 e. The Kier molecular flexibility index (Phi) is 6.48. The molecule has 0 fully saturated rings. The molecule has 0 aliphatic heterocycles. The van der Waals surface area contributed by atoms with Gasteiger partial charge < -0.3 is 0 Å². The van der Waals surface area contributed by atoms with Crippen molar-refractivity contribution in [3.05, 3.63) is 162 Å². The van der Waals surface area contributed by atoms with E-state index in [1.165, 1.54) is 64.7 Å². The van der Waals surface area contributed by atoms with Gasteiger partial charge in [0.1, 0.15) is 0 Å². The smallest absolute Gasteiger partial charge is 0.0340 e. The highest BCUT2D eigenvalue weighted by atomic mass is 79.9. The van der Waals surface area contributed by atoms with E-state index in [-0.39, 0.29) is 16.2 Å². The zero-order valence-electron chi connectivity index (χ0n) is 26.0. The molecule has 2 aliphatic rings. The van der Waals surface area contributed by atoms with E-state index >= 15 is 0 Å². The van der Waals surface area contributed by atoms with Crippen LogP contribution in [0.2, 0.25) is 0 Å². The summed E-state index contributed by atoms with van der Waals surface area (Å²) in [6.07, 6.45) is 5.00. The van der Waals surface area contributed by atoms with Crippen LogP contribution in [0, 0.1) is 5.41 Å². The van der Waals surface area contributed by atoms with Crippen LogP contribution >= 0.6 is 31.9 Å². The Morgan fingerprint density at radius 2 is 0.867 bits per heavy atom. The Hall–Kier alpha value is -3.72. The quantitative estimate of drug-likeness (QED) is 0.171. The summed E-state index contributed by atoms with van der Waals surface area (Å²) in [7, 11) is 0. The van der Waals surface area contributed by atoms with Gasteiger partial charge in [0.2, 0.25) is 0 Å². The molecule has 0 bridgehead atoms. The second-order valence-corrected chi connectivity index (χ2v) is 15.3. The molecular formula is C43H34Br2. The maximum Gasteiger partial charge on any atom is 0.0340 e. The normalized spacial score (nSPS) is 20.7. The van der Waals surface area contributed by atoms with E-state index in [1.54, 1.807) is 0 Å². The van der Waals surface area contributed by atoms with Crippen LogP contribution in [0.4, 0.5) is 0 Å². The largest absolute Gasteiger partial charge is 0.0616 e. The second kappa shape index (κ2) is 10.1. The first kappa shape index (κ1) is 28.7. The summed E-state index contributed by atoms with van der Waals surface area (Å²) in [5, 5.41) is 10.3. The molecule has 0 saturated heterocycles. The van der Waals surface area contributed by atoms with Crippen LogP contribution in [0.3, 0.4) is 0 Å². The van der Waals surface area contributed by atoms with Gasteiger partial charge in [-0.2, -0.15) is 0 Å². The molecule has 0 N–H and O–H groups in total. The van der Waals surface area contributed by atoms with Gasteiger partial charge in [0, 0.05) is 25.2 Å². The Morgan fingerprint density at radius 1 is 0.467 bits per heavy atom. The first-order valence-electron chi connectivity index (χ1n) is 15.7. The lowest BCUT2D eigenvalue weighted by molar-refractivity contribution is 0.554. The molecule has 45 heavy (non-hydrogen) atoms. The maximum absolute atomic E-state index is 3.94. The fraction of sp³-hybridized carbons (Fsp3) is 0.163. The van der Waals surface area contributed by atoms with Gasteiger partial charge in [-0.05, 0) is 103 Å². The number of hydrogen-bond acceptors (Lipinski definition) is 0. The molecule has 0 saturated carbocycles. The maximum atomic E-state index is 3.94. The highest BCUT2D eigenvalue weighted by molar-refractivity contribution is 9.10. The molecule has 0 amide bonds. The molecule has 8 rings (SSSR count). The molecule has 2 heteroatoms. The monoisotopic (exact) mass is 708 g/mol. The molecule has 0 nitrogen and oxygen atoms in total. The van der Waals surface area contributed by atoms with Gasteiger partial charge in [0.15, 0.2) is 0 Å². The molecule has 6 aromatic rings. The summed E-state index contributed by atoms with van der Waals surface area (Å²) >= 11 is 7.89. The summed E-state index contributed by atoms with van der Waals surface area (Å²) in [5.74, 6) is 0. The van der Waals surface area contributed by atoms with E-state index in [2.05, 4.69) is 193 Å². The van der Waals surface area contributed by atoms with Crippen molar-refractivity contribution in [1.29, 1.82) is 0 Å². The molecule has 2 atom stereocenters. The average Bonchev–Trinajstić information content (AvgIpc) is 3.55. The first-order chi connectivity index (χ1) is 21.6. The van der Waals surface area contributed by atoms with Crippen molar-refractivity contribution < 1.29 is 0 Å². The number of rotatable bonds is 4. The molecule has 2 unspecified atom stereocenters. The third-order valence-electron chi connectivity index (χ3n) is 10.5. The summed E-state index contributed by atoms with van der Waals surface area (Å²) < 4.78 is 2.28. The summed E-state index contributed by atoms with van der Waals surface area (Å²) in [4.78, 5) is 0. The van der Waals surface area contributed by atoms with Gasteiger partial charge >= 0.3 is 0 Å². The molecule has 220 valence electrons. The van der Waals surface area contributed by atoms with Crippen molar-refractivity contribution >= 4 is 76.7 Å². The van der Waals surface area contributed by atoms with Crippen LogP contribution in [-0.2, 0) is 10.8 Å². The van der Waals surface area contributed by atoms with Gasteiger partial charge in [-0.1, -0.05) is 155 Å². The van der Waals surface area contributed by atoms with Crippen LogP contribution in [0.25, 0.3) is 44.8 Å². The van der Waals surface area contributed by atoms with Gasteiger partial charge in [-0.3, -0.25) is 0 Å². The predicted molar refractivity (Wildman–Crippen MR) is 199 cm³/mol. The molecule has 0 aromatic heterocycles. The number of benzene rings is 6. The van der Waals surface area contributed by atoms with Crippen molar-refractivity contribution in [2.45, 2.75) is 38.5 Å². The van der Waals surface area contributed by atoms with E-state index in [9.17, 15) is 0 Å². The second-order valence-electron chi connectivity index (χ2n) is 13.6.